The van der Waals surface area contributed by atoms with Crippen LogP contribution in [0.1, 0.15) is 34.3 Å². The predicted molar refractivity (Wildman–Crippen MR) is 102 cm³/mol. The maximum atomic E-state index is 12.6. The van der Waals surface area contributed by atoms with Gasteiger partial charge < -0.3 is 10.4 Å². The summed E-state index contributed by atoms with van der Waals surface area (Å²) in [5, 5.41) is 11.2. The number of aliphatic carboxylic acids is 1. The number of benzene rings is 2. The van der Waals surface area contributed by atoms with Crippen LogP contribution in [0.25, 0.3) is 0 Å². The predicted octanol–water partition coefficient (Wildman–Crippen LogP) is 2.70. The molecule has 8 heteroatoms. The lowest BCUT2D eigenvalue weighted by molar-refractivity contribution is -0.137. The average molecular weight is 390 g/mol. The van der Waals surface area contributed by atoms with Gasteiger partial charge in [0.1, 0.15) is 0 Å². The summed E-state index contributed by atoms with van der Waals surface area (Å²) in [5.41, 5.74) is 2.63. The first-order chi connectivity index (χ1) is 12.7. The van der Waals surface area contributed by atoms with Crippen molar-refractivity contribution in [2.24, 2.45) is 0 Å². The lowest BCUT2D eigenvalue weighted by atomic mass is 10.1. The highest BCUT2D eigenvalue weighted by Crippen LogP contribution is 2.22. The van der Waals surface area contributed by atoms with Crippen molar-refractivity contribution in [3.63, 3.8) is 0 Å². The third-order valence-corrected chi connectivity index (χ3v) is 5.51. The fourth-order valence-corrected chi connectivity index (χ4v) is 3.52. The first-order valence-corrected chi connectivity index (χ1v) is 9.88. The monoisotopic (exact) mass is 390 g/mol. The van der Waals surface area contributed by atoms with E-state index in [0.29, 0.717) is 17.7 Å². The molecule has 1 amide bonds. The summed E-state index contributed by atoms with van der Waals surface area (Å²) in [5.74, 6) is -1.30. The smallest absolute Gasteiger partial charge is 0.303 e. The zero-order valence-electron chi connectivity index (χ0n) is 15.2. The van der Waals surface area contributed by atoms with Gasteiger partial charge in [-0.2, -0.15) is 0 Å². The largest absolute Gasteiger partial charge is 0.481 e. The van der Waals surface area contributed by atoms with Gasteiger partial charge in [0.15, 0.2) is 0 Å². The lowest BCUT2D eigenvalue weighted by Crippen LogP contribution is -2.25. The van der Waals surface area contributed by atoms with Gasteiger partial charge in [-0.25, -0.2) is 8.42 Å². The van der Waals surface area contributed by atoms with E-state index in [1.165, 1.54) is 24.3 Å². The molecule has 2 aromatic rings. The quantitative estimate of drug-likeness (QED) is 0.600. The van der Waals surface area contributed by atoms with Crippen molar-refractivity contribution in [3.8, 4) is 0 Å². The number of carboxylic acids is 1. The lowest BCUT2D eigenvalue weighted by Gasteiger charge is -2.12. The van der Waals surface area contributed by atoms with Gasteiger partial charge in [-0.1, -0.05) is 12.1 Å². The average Bonchev–Trinajstić information content (AvgIpc) is 2.62. The Balaban J connectivity index is 2.06. The van der Waals surface area contributed by atoms with E-state index in [9.17, 15) is 18.0 Å². The minimum Gasteiger partial charge on any atom is -0.481 e. The van der Waals surface area contributed by atoms with E-state index in [-0.39, 0.29) is 23.8 Å². The Morgan fingerprint density at radius 2 is 1.70 bits per heavy atom. The van der Waals surface area contributed by atoms with Crippen LogP contribution in [0.2, 0.25) is 0 Å². The van der Waals surface area contributed by atoms with Crippen molar-refractivity contribution < 1.29 is 23.1 Å². The van der Waals surface area contributed by atoms with Crippen LogP contribution in [0, 0.1) is 13.8 Å². The van der Waals surface area contributed by atoms with Crippen molar-refractivity contribution in [2.45, 2.75) is 31.6 Å². The molecule has 0 spiro atoms. The van der Waals surface area contributed by atoms with E-state index in [1.807, 2.05) is 19.9 Å². The van der Waals surface area contributed by atoms with E-state index < -0.39 is 16.0 Å². The molecule has 3 N–H and O–H groups in total. The van der Waals surface area contributed by atoms with Crippen molar-refractivity contribution >= 4 is 27.6 Å². The molecule has 7 nitrogen and oxygen atoms in total. The van der Waals surface area contributed by atoms with E-state index in [2.05, 4.69) is 10.0 Å². The molecule has 0 aromatic heterocycles. The fraction of sp³-hybridized carbons (Fsp3) is 0.263. The molecule has 2 aromatic carbocycles. The summed E-state index contributed by atoms with van der Waals surface area (Å²) in [7, 11) is -3.77. The highest BCUT2D eigenvalue weighted by molar-refractivity contribution is 7.92. The molecule has 0 radical (unpaired) electrons. The van der Waals surface area contributed by atoms with Crippen molar-refractivity contribution in [2.75, 3.05) is 11.3 Å². The molecule has 0 fully saturated rings. The van der Waals surface area contributed by atoms with Gasteiger partial charge in [0.2, 0.25) is 0 Å². The minimum absolute atomic E-state index is 0.0263. The number of rotatable bonds is 8. The Labute approximate surface area is 158 Å². The number of carbonyl (C=O) groups excluding carboxylic acids is 1. The molecule has 144 valence electrons. The first kappa shape index (κ1) is 20.4. The summed E-state index contributed by atoms with van der Waals surface area (Å²) in [4.78, 5) is 22.5. The van der Waals surface area contributed by atoms with E-state index in [4.69, 9.17) is 5.11 Å². The molecule has 0 saturated heterocycles. The number of carboxylic acid groups (broad SMARTS) is 1. The second-order valence-electron chi connectivity index (χ2n) is 6.13. The fourth-order valence-electron chi connectivity index (χ4n) is 2.39. The van der Waals surface area contributed by atoms with Gasteiger partial charge in [0, 0.05) is 18.5 Å². The van der Waals surface area contributed by atoms with Crippen molar-refractivity contribution in [3.05, 3.63) is 59.2 Å². The maximum absolute atomic E-state index is 12.6. The first-order valence-electron chi connectivity index (χ1n) is 8.40. The van der Waals surface area contributed by atoms with Crippen LogP contribution >= 0.6 is 0 Å². The van der Waals surface area contributed by atoms with Crippen molar-refractivity contribution in [1.29, 1.82) is 0 Å². The Morgan fingerprint density at radius 3 is 2.33 bits per heavy atom. The number of carbonyl (C=O) groups is 2. The SMILES string of the molecule is Cc1cccc(NS(=O)(=O)c2ccc(C(=O)NCCCC(=O)O)cc2)c1C. The molecule has 0 bridgehead atoms. The van der Waals surface area contributed by atoms with Gasteiger partial charge in [-0.05, 0) is 61.7 Å². The van der Waals surface area contributed by atoms with Gasteiger partial charge in [-0.15, -0.1) is 0 Å². The van der Waals surface area contributed by atoms with Crippen LogP contribution in [0.3, 0.4) is 0 Å². The number of hydrogen-bond acceptors (Lipinski definition) is 4. The van der Waals surface area contributed by atoms with Gasteiger partial charge in [0.05, 0.1) is 10.6 Å². The number of anilines is 1. The zero-order chi connectivity index (χ0) is 20.0. The molecule has 0 unspecified atom stereocenters. The van der Waals surface area contributed by atoms with Gasteiger partial charge >= 0.3 is 5.97 Å². The standard InChI is InChI=1S/C19H22N2O5S/c1-13-5-3-6-17(14(13)2)21-27(25,26)16-10-8-15(9-11-16)19(24)20-12-4-7-18(22)23/h3,5-6,8-11,21H,4,7,12H2,1-2H3,(H,20,24)(H,22,23). The topological polar surface area (TPSA) is 113 Å². The number of nitrogens with one attached hydrogen (secondary N) is 2. The van der Waals surface area contributed by atoms with E-state index in [1.54, 1.807) is 12.1 Å². The Morgan fingerprint density at radius 1 is 1.04 bits per heavy atom. The second kappa shape index (κ2) is 8.68. The summed E-state index contributed by atoms with van der Waals surface area (Å²) >= 11 is 0. The number of hydrogen-bond donors (Lipinski definition) is 3. The number of aryl methyl sites for hydroxylation is 1. The number of sulfonamides is 1. The molecule has 0 saturated carbocycles. The van der Waals surface area contributed by atoms with Crippen LogP contribution in [0.15, 0.2) is 47.4 Å². The summed E-state index contributed by atoms with van der Waals surface area (Å²) in [6.07, 6.45) is 0.300. The maximum Gasteiger partial charge on any atom is 0.303 e. The van der Waals surface area contributed by atoms with Crippen LogP contribution in [0.4, 0.5) is 5.69 Å². The molecule has 27 heavy (non-hydrogen) atoms. The summed E-state index contributed by atoms with van der Waals surface area (Å²) in [6.45, 7) is 3.97. The van der Waals surface area contributed by atoms with Crippen LogP contribution in [-0.4, -0.2) is 31.9 Å². The Bertz CT molecular complexity index is 937. The zero-order valence-corrected chi connectivity index (χ0v) is 16.0. The van der Waals surface area contributed by atoms with Gasteiger partial charge in [0.25, 0.3) is 15.9 Å². The molecule has 0 heterocycles. The molecule has 2 rings (SSSR count). The summed E-state index contributed by atoms with van der Waals surface area (Å²) < 4.78 is 27.7. The number of amides is 1. The van der Waals surface area contributed by atoms with Crippen LogP contribution in [0.5, 0.6) is 0 Å². The van der Waals surface area contributed by atoms with Crippen LogP contribution < -0.4 is 10.0 Å². The molecule has 0 aliphatic carbocycles. The molecular formula is C19H22N2O5S. The van der Waals surface area contributed by atoms with E-state index >= 15 is 0 Å². The molecular weight excluding hydrogens is 368 g/mol. The van der Waals surface area contributed by atoms with Crippen LogP contribution in [-0.2, 0) is 14.8 Å². The summed E-state index contributed by atoms with van der Waals surface area (Å²) in [6, 6.07) is 10.9. The highest BCUT2D eigenvalue weighted by Gasteiger charge is 2.16. The highest BCUT2D eigenvalue weighted by atomic mass is 32.2. The second-order valence-corrected chi connectivity index (χ2v) is 7.81. The molecule has 0 aliphatic rings. The Kier molecular flexibility index (Phi) is 6.57. The third kappa shape index (κ3) is 5.55. The molecule has 0 atom stereocenters. The third-order valence-electron chi connectivity index (χ3n) is 4.13. The van der Waals surface area contributed by atoms with E-state index in [0.717, 1.165) is 11.1 Å². The Hall–Kier alpha value is -2.87. The minimum atomic E-state index is -3.77. The van der Waals surface area contributed by atoms with Gasteiger partial charge in [-0.3, -0.25) is 14.3 Å². The van der Waals surface area contributed by atoms with Crippen molar-refractivity contribution in [1.82, 2.24) is 5.32 Å². The molecule has 0 aliphatic heterocycles. The normalized spacial score (nSPS) is 11.0.